The van der Waals surface area contributed by atoms with Gasteiger partial charge in [0.25, 0.3) is 5.69 Å². The Morgan fingerprint density at radius 2 is 1.96 bits per heavy atom. The van der Waals surface area contributed by atoms with Crippen molar-refractivity contribution in [1.82, 2.24) is 15.1 Å². The first-order valence-corrected chi connectivity index (χ1v) is 8.76. The lowest BCUT2D eigenvalue weighted by atomic mass is 10.1. The average Bonchev–Trinajstić information content (AvgIpc) is 3.03. The van der Waals surface area contributed by atoms with E-state index in [2.05, 4.69) is 16.5 Å². The Kier molecular flexibility index (Phi) is 5.83. The van der Waals surface area contributed by atoms with Crippen LogP contribution in [0.2, 0.25) is 0 Å². The van der Waals surface area contributed by atoms with Gasteiger partial charge in [0.15, 0.2) is 0 Å². The van der Waals surface area contributed by atoms with E-state index in [0.717, 1.165) is 28.1 Å². The summed E-state index contributed by atoms with van der Waals surface area (Å²) in [6, 6.07) is 14.5. The minimum atomic E-state index is -0.402. The van der Waals surface area contributed by atoms with E-state index in [1.807, 2.05) is 38.4 Å². The molecule has 3 rings (SSSR count). The normalized spacial score (nSPS) is 10.7. The third-order valence-electron chi connectivity index (χ3n) is 4.11. The molecule has 3 aromatic rings. The molecule has 1 heterocycles. The van der Waals surface area contributed by atoms with Gasteiger partial charge in [-0.1, -0.05) is 12.1 Å². The molecule has 2 aromatic carbocycles. The van der Waals surface area contributed by atoms with E-state index >= 15 is 0 Å². The first kappa shape index (κ1) is 18.6. The molecule has 0 radical (unpaired) electrons. The van der Waals surface area contributed by atoms with Gasteiger partial charge in [0.1, 0.15) is 5.75 Å². The fourth-order valence-electron chi connectivity index (χ4n) is 2.90. The number of nitrogens with one attached hydrogen (secondary N) is 1. The second-order valence-corrected chi connectivity index (χ2v) is 6.16. The van der Waals surface area contributed by atoms with Crippen LogP contribution in [0.5, 0.6) is 5.75 Å². The van der Waals surface area contributed by atoms with Crippen molar-refractivity contribution in [2.45, 2.75) is 20.0 Å². The summed E-state index contributed by atoms with van der Waals surface area (Å²) in [5.74, 6) is 0.866. The smallest absolute Gasteiger partial charge is 0.269 e. The van der Waals surface area contributed by atoms with Gasteiger partial charge in [0.2, 0.25) is 0 Å². The van der Waals surface area contributed by atoms with E-state index in [9.17, 15) is 10.1 Å². The van der Waals surface area contributed by atoms with E-state index in [4.69, 9.17) is 4.74 Å². The summed E-state index contributed by atoms with van der Waals surface area (Å²) in [6.45, 7) is 3.95. The maximum absolute atomic E-state index is 10.8. The van der Waals surface area contributed by atoms with Crippen LogP contribution in [-0.2, 0) is 20.1 Å². The highest BCUT2D eigenvalue weighted by atomic mass is 16.6. The molecule has 7 heteroatoms. The molecule has 1 aromatic heterocycles. The summed E-state index contributed by atoms with van der Waals surface area (Å²) in [4.78, 5) is 10.4. The van der Waals surface area contributed by atoms with Crippen LogP contribution in [-0.4, -0.2) is 21.3 Å². The monoisotopic (exact) mass is 366 g/mol. The standard InChI is InChI=1S/C20H22N4O3/c1-3-27-19-6-4-5-15(11-19)12-21-13-17-14-23(2)22-20(17)16-7-9-18(10-8-16)24(25)26/h4-11,14,21H,3,12-13H2,1-2H3. The van der Waals surface area contributed by atoms with Crippen LogP contribution < -0.4 is 10.1 Å². The number of ether oxygens (including phenoxy) is 1. The molecule has 140 valence electrons. The van der Waals surface area contributed by atoms with Gasteiger partial charge in [0.05, 0.1) is 17.2 Å². The highest BCUT2D eigenvalue weighted by Gasteiger charge is 2.12. The van der Waals surface area contributed by atoms with Crippen LogP contribution in [0.3, 0.4) is 0 Å². The van der Waals surface area contributed by atoms with Gasteiger partial charge >= 0.3 is 0 Å². The summed E-state index contributed by atoms with van der Waals surface area (Å²) in [5.41, 5.74) is 3.93. The third-order valence-corrected chi connectivity index (χ3v) is 4.11. The molecular formula is C20H22N4O3. The molecule has 1 N–H and O–H groups in total. The minimum Gasteiger partial charge on any atom is -0.494 e. The van der Waals surface area contributed by atoms with E-state index < -0.39 is 4.92 Å². The summed E-state index contributed by atoms with van der Waals surface area (Å²) >= 11 is 0. The maximum atomic E-state index is 10.8. The highest BCUT2D eigenvalue weighted by Crippen LogP contribution is 2.24. The summed E-state index contributed by atoms with van der Waals surface area (Å²) in [5, 5.41) is 18.8. The molecule has 0 aliphatic rings. The van der Waals surface area contributed by atoms with Crippen molar-refractivity contribution in [3.63, 3.8) is 0 Å². The van der Waals surface area contributed by atoms with E-state index in [0.29, 0.717) is 19.7 Å². The molecule has 0 saturated heterocycles. The highest BCUT2D eigenvalue weighted by molar-refractivity contribution is 5.64. The molecule has 0 spiro atoms. The van der Waals surface area contributed by atoms with Crippen molar-refractivity contribution in [2.24, 2.45) is 7.05 Å². The topological polar surface area (TPSA) is 82.2 Å². The summed E-state index contributed by atoms with van der Waals surface area (Å²) in [7, 11) is 1.87. The molecule has 0 aliphatic heterocycles. The van der Waals surface area contributed by atoms with Crippen molar-refractivity contribution in [2.75, 3.05) is 6.61 Å². The zero-order valence-corrected chi connectivity index (χ0v) is 15.4. The molecule has 7 nitrogen and oxygen atoms in total. The number of nitro groups is 1. The predicted octanol–water partition coefficient (Wildman–Crippen LogP) is 3.68. The Bertz CT molecular complexity index is 919. The number of non-ortho nitro benzene ring substituents is 1. The number of nitro benzene ring substituents is 1. The van der Waals surface area contributed by atoms with Crippen molar-refractivity contribution in [3.05, 3.63) is 76.0 Å². The fourth-order valence-corrected chi connectivity index (χ4v) is 2.90. The number of nitrogens with zero attached hydrogens (tertiary/aromatic N) is 3. The Morgan fingerprint density at radius 3 is 2.67 bits per heavy atom. The Labute approximate surface area is 157 Å². The predicted molar refractivity (Wildman–Crippen MR) is 103 cm³/mol. The Balaban J connectivity index is 1.69. The maximum Gasteiger partial charge on any atom is 0.269 e. The van der Waals surface area contributed by atoms with E-state index in [1.165, 1.54) is 12.1 Å². The molecule has 0 aliphatic carbocycles. The second-order valence-electron chi connectivity index (χ2n) is 6.16. The van der Waals surface area contributed by atoms with Gasteiger partial charge in [-0.3, -0.25) is 14.8 Å². The lowest BCUT2D eigenvalue weighted by Crippen LogP contribution is -2.13. The lowest BCUT2D eigenvalue weighted by Gasteiger charge is -2.08. The van der Waals surface area contributed by atoms with Crippen molar-refractivity contribution < 1.29 is 9.66 Å². The molecule has 0 saturated carbocycles. The summed E-state index contributed by atoms with van der Waals surface area (Å²) < 4.78 is 7.28. The van der Waals surface area contributed by atoms with Gasteiger partial charge in [0, 0.05) is 49.6 Å². The summed E-state index contributed by atoms with van der Waals surface area (Å²) in [6.07, 6.45) is 1.96. The zero-order valence-electron chi connectivity index (χ0n) is 15.4. The van der Waals surface area contributed by atoms with Gasteiger partial charge in [-0.05, 0) is 36.8 Å². The van der Waals surface area contributed by atoms with Crippen LogP contribution in [0, 0.1) is 10.1 Å². The number of hydrogen-bond donors (Lipinski definition) is 1. The molecule has 0 unspecified atom stereocenters. The molecule has 0 bridgehead atoms. The SMILES string of the molecule is CCOc1cccc(CNCc2cn(C)nc2-c2ccc([N+](=O)[O-])cc2)c1. The minimum absolute atomic E-state index is 0.0727. The van der Waals surface area contributed by atoms with Gasteiger partial charge in [-0.15, -0.1) is 0 Å². The van der Waals surface area contributed by atoms with Gasteiger partial charge in [-0.25, -0.2) is 0 Å². The molecular weight excluding hydrogens is 344 g/mol. The van der Waals surface area contributed by atoms with Crippen LogP contribution in [0.25, 0.3) is 11.3 Å². The second kappa shape index (κ2) is 8.46. The van der Waals surface area contributed by atoms with E-state index in [-0.39, 0.29) is 5.69 Å². The number of aryl methyl sites for hydroxylation is 1. The first-order valence-electron chi connectivity index (χ1n) is 8.76. The van der Waals surface area contributed by atoms with Crippen LogP contribution in [0.15, 0.2) is 54.7 Å². The largest absolute Gasteiger partial charge is 0.494 e. The number of rotatable bonds is 8. The van der Waals surface area contributed by atoms with Gasteiger partial charge < -0.3 is 10.1 Å². The van der Waals surface area contributed by atoms with Gasteiger partial charge in [-0.2, -0.15) is 5.10 Å². The van der Waals surface area contributed by atoms with Crippen LogP contribution >= 0.6 is 0 Å². The van der Waals surface area contributed by atoms with Crippen LogP contribution in [0.4, 0.5) is 5.69 Å². The lowest BCUT2D eigenvalue weighted by molar-refractivity contribution is -0.384. The van der Waals surface area contributed by atoms with Crippen molar-refractivity contribution in [1.29, 1.82) is 0 Å². The number of aromatic nitrogens is 2. The van der Waals surface area contributed by atoms with E-state index in [1.54, 1.807) is 16.8 Å². The molecule has 0 amide bonds. The molecule has 27 heavy (non-hydrogen) atoms. The number of benzene rings is 2. The quantitative estimate of drug-likeness (QED) is 0.486. The van der Waals surface area contributed by atoms with Crippen molar-refractivity contribution >= 4 is 5.69 Å². The Hall–Kier alpha value is -3.19. The zero-order chi connectivity index (χ0) is 19.2. The Morgan fingerprint density at radius 1 is 1.19 bits per heavy atom. The van der Waals surface area contributed by atoms with Crippen molar-refractivity contribution in [3.8, 4) is 17.0 Å². The third kappa shape index (κ3) is 4.71. The first-order chi connectivity index (χ1) is 13.1. The number of hydrogen-bond acceptors (Lipinski definition) is 5. The molecule has 0 fully saturated rings. The molecule has 0 atom stereocenters. The fraction of sp³-hybridized carbons (Fsp3) is 0.250. The average molecular weight is 366 g/mol. The van der Waals surface area contributed by atoms with Crippen LogP contribution in [0.1, 0.15) is 18.1 Å².